The molecule has 3 nitrogen and oxygen atoms in total. The van der Waals surface area contributed by atoms with Gasteiger partial charge in [-0.1, -0.05) is 80.1 Å². The molecule has 4 rings (SSSR count). The molecule has 4 heteroatoms. The molecule has 0 spiro atoms. The zero-order chi connectivity index (χ0) is 27.1. The van der Waals surface area contributed by atoms with E-state index in [1.807, 2.05) is 26.0 Å². The maximum atomic E-state index is 14.3. The topological polar surface area (TPSA) is 42.2 Å². The van der Waals surface area contributed by atoms with E-state index in [0.717, 1.165) is 18.4 Å². The Hall–Kier alpha value is -3.92. The Bertz CT molecular complexity index is 1430. The molecule has 0 aliphatic rings. The fraction of sp³-hybridized carbons (Fsp3) is 0.265. The van der Waals surface area contributed by atoms with Gasteiger partial charge in [-0.15, -0.1) is 0 Å². The predicted octanol–water partition coefficient (Wildman–Crippen LogP) is 8.47. The van der Waals surface area contributed by atoms with Crippen molar-refractivity contribution in [2.45, 2.75) is 53.4 Å². The summed E-state index contributed by atoms with van der Waals surface area (Å²) >= 11 is 0. The average Bonchev–Trinajstić information content (AvgIpc) is 3.34. The minimum Gasteiger partial charge on any atom is -0.465 e. The number of hydrogen-bond donors (Lipinski definition) is 1. The fourth-order valence-electron chi connectivity index (χ4n) is 4.83. The number of amides is 1. The van der Waals surface area contributed by atoms with E-state index >= 15 is 0 Å². The summed E-state index contributed by atoms with van der Waals surface area (Å²) in [6, 6.07) is 23.7. The maximum Gasteiger partial charge on any atom is 0.254 e. The molecule has 0 bridgehead atoms. The van der Waals surface area contributed by atoms with E-state index in [1.165, 1.54) is 33.9 Å². The Morgan fingerprint density at radius 2 is 1.71 bits per heavy atom. The van der Waals surface area contributed by atoms with Crippen LogP contribution in [-0.2, 0) is 12.8 Å². The van der Waals surface area contributed by atoms with Crippen LogP contribution in [0.4, 0.5) is 4.39 Å². The summed E-state index contributed by atoms with van der Waals surface area (Å²) in [6.45, 7) is 8.66. The lowest BCUT2D eigenvalue weighted by molar-refractivity contribution is 0.0952. The molecule has 0 radical (unpaired) electrons. The zero-order valence-corrected chi connectivity index (χ0v) is 22.7. The van der Waals surface area contributed by atoms with Crippen molar-refractivity contribution < 1.29 is 13.6 Å². The van der Waals surface area contributed by atoms with Gasteiger partial charge in [-0.25, -0.2) is 4.39 Å². The number of carbonyl (C=O) groups is 1. The first kappa shape index (κ1) is 27.1. The molecule has 0 aliphatic carbocycles. The largest absolute Gasteiger partial charge is 0.465 e. The quantitative estimate of drug-likeness (QED) is 0.233. The second kappa shape index (κ2) is 12.6. The van der Waals surface area contributed by atoms with Crippen LogP contribution in [-0.4, -0.2) is 12.5 Å². The number of benzene rings is 3. The highest BCUT2D eigenvalue weighted by Crippen LogP contribution is 2.29. The van der Waals surface area contributed by atoms with Gasteiger partial charge in [-0.2, -0.15) is 0 Å². The summed E-state index contributed by atoms with van der Waals surface area (Å²) in [6.07, 6.45) is 4.78. The fourth-order valence-corrected chi connectivity index (χ4v) is 4.83. The minimum atomic E-state index is -0.266. The van der Waals surface area contributed by atoms with Gasteiger partial charge in [0.05, 0.1) is 5.56 Å². The third-order valence-electron chi connectivity index (χ3n) is 6.81. The second-order valence-electron chi connectivity index (χ2n) is 9.71. The van der Waals surface area contributed by atoms with Crippen LogP contribution in [0.3, 0.4) is 0 Å². The van der Waals surface area contributed by atoms with Gasteiger partial charge in [0, 0.05) is 19.4 Å². The first-order valence-corrected chi connectivity index (χ1v) is 13.4. The smallest absolute Gasteiger partial charge is 0.254 e. The van der Waals surface area contributed by atoms with Gasteiger partial charge in [0.15, 0.2) is 0 Å². The van der Waals surface area contributed by atoms with Crippen molar-refractivity contribution in [2.24, 2.45) is 0 Å². The first-order valence-electron chi connectivity index (χ1n) is 13.4. The van der Waals surface area contributed by atoms with E-state index in [1.54, 1.807) is 12.1 Å². The van der Waals surface area contributed by atoms with Crippen LogP contribution in [0.1, 0.15) is 70.8 Å². The molecule has 38 heavy (non-hydrogen) atoms. The SMILES string of the molecule is CCC=C(CCNC(=O)c1cc(Cc2cc(C)ccc2F)oc1CC)c1cc(-c2ccccc2)ccc1C. The van der Waals surface area contributed by atoms with Gasteiger partial charge in [0.2, 0.25) is 0 Å². The number of rotatable bonds is 10. The van der Waals surface area contributed by atoms with Crippen molar-refractivity contribution in [1.29, 1.82) is 0 Å². The van der Waals surface area contributed by atoms with Crippen LogP contribution in [0.25, 0.3) is 16.7 Å². The van der Waals surface area contributed by atoms with Gasteiger partial charge in [0.1, 0.15) is 17.3 Å². The molecular weight excluding hydrogens is 473 g/mol. The molecule has 0 fully saturated rings. The standard InChI is InChI=1S/C34H36FNO2/c1-5-10-26(30-21-27(15-14-24(30)4)25-11-8-7-9-12-25)17-18-36-34(37)31-22-29(38-33(31)6-2)20-28-19-23(3)13-16-32(28)35/h7-16,19,21-22H,5-6,17-18,20H2,1-4H3,(H,36,37). The summed E-state index contributed by atoms with van der Waals surface area (Å²) in [5, 5.41) is 3.08. The van der Waals surface area contributed by atoms with E-state index in [4.69, 9.17) is 4.42 Å². The third-order valence-corrected chi connectivity index (χ3v) is 6.81. The normalized spacial score (nSPS) is 11.6. The Balaban J connectivity index is 1.46. The van der Waals surface area contributed by atoms with Crippen molar-refractivity contribution in [3.8, 4) is 11.1 Å². The third kappa shape index (κ3) is 6.49. The summed E-state index contributed by atoms with van der Waals surface area (Å²) in [4.78, 5) is 13.1. The number of carbonyl (C=O) groups excluding carboxylic acids is 1. The van der Waals surface area contributed by atoms with E-state index in [9.17, 15) is 9.18 Å². The molecular formula is C34H36FNO2. The summed E-state index contributed by atoms with van der Waals surface area (Å²) in [7, 11) is 0. The molecule has 1 heterocycles. The monoisotopic (exact) mass is 509 g/mol. The number of hydrogen-bond acceptors (Lipinski definition) is 2. The van der Waals surface area contributed by atoms with E-state index in [-0.39, 0.29) is 11.7 Å². The molecule has 0 atom stereocenters. The van der Waals surface area contributed by atoms with Crippen LogP contribution >= 0.6 is 0 Å². The molecule has 0 unspecified atom stereocenters. The molecule has 0 saturated heterocycles. The maximum absolute atomic E-state index is 14.3. The number of aryl methyl sites for hydroxylation is 3. The van der Waals surface area contributed by atoms with Gasteiger partial charge >= 0.3 is 0 Å². The van der Waals surface area contributed by atoms with Crippen LogP contribution in [0.2, 0.25) is 0 Å². The lowest BCUT2D eigenvalue weighted by atomic mass is 9.93. The van der Waals surface area contributed by atoms with Crippen LogP contribution < -0.4 is 5.32 Å². The minimum absolute atomic E-state index is 0.160. The molecule has 1 aromatic heterocycles. The average molecular weight is 510 g/mol. The molecule has 196 valence electrons. The van der Waals surface area contributed by atoms with Crippen molar-refractivity contribution in [2.75, 3.05) is 6.54 Å². The second-order valence-corrected chi connectivity index (χ2v) is 9.71. The zero-order valence-electron chi connectivity index (χ0n) is 22.7. The predicted molar refractivity (Wildman–Crippen MR) is 154 cm³/mol. The highest BCUT2D eigenvalue weighted by molar-refractivity contribution is 5.95. The Morgan fingerprint density at radius 3 is 2.45 bits per heavy atom. The van der Waals surface area contributed by atoms with Crippen molar-refractivity contribution in [3.05, 3.63) is 124 Å². The lowest BCUT2D eigenvalue weighted by Gasteiger charge is -2.14. The van der Waals surface area contributed by atoms with Gasteiger partial charge < -0.3 is 9.73 Å². The molecule has 1 amide bonds. The van der Waals surface area contributed by atoms with Crippen molar-refractivity contribution >= 4 is 11.5 Å². The summed E-state index contributed by atoms with van der Waals surface area (Å²) in [5.41, 5.74) is 8.10. The Labute approximate surface area is 225 Å². The van der Waals surface area contributed by atoms with Crippen LogP contribution in [0.15, 0.2) is 83.3 Å². The van der Waals surface area contributed by atoms with Crippen molar-refractivity contribution in [1.82, 2.24) is 5.32 Å². The summed E-state index contributed by atoms with van der Waals surface area (Å²) in [5.74, 6) is 0.794. The Morgan fingerprint density at radius 1 is 0.921 bits per heavy atom. The number of allylic oxidation sites excluding steroid dienone is 1. The first-order chi connectivity index (χ1) is 18.4. The molecule has 3 aromatic carbocycles. The molecule has 1 N–H and O–H groups in total. The van der Waals surface area contributed by atoms with Gasteiger partial charge in [-0.3, -0.25) is 4.79 Å². The van der Waals surface area contributed by atoms with Crippen molar-refractivity contribution in [3.63, 3.8) is 0 Å². The van der Waals surface area contributed by atoms with Gasteiger partial charge in [0.25, 0.3) is 5.91 Å². The molecule has 0 aliphatic heterocycles. The number of halogens is 1. The van der Waals surface area contributed by atoms with E-state index in [2.05, 4.69) is 67.7 Å². The van der Waals surface area contributed by atoms with E-state index < -0.39 is 0 Å². The van der Waals surface area contributed by atoms with Crippen LogP contribution in [0.5, 0.6) is 0 Å². The summed E-state index contributed by atoms with van der Waals surface area (Å²) < 4.78 is 20.2. The number of furan rings is 1. The number of nitrogens with one attached hydrogen (secondary N) is 1. The Kier molecular flexibility index (Phi) is 8.96. The van der Waals surface area contributed by atoms with Crippen LogP contribution in [0, 0.1) is 19.7 Å². The molecule has 0 saturated carbocycles. The van der Waals surface area contributed by atoms with Gasteiger partial charge in [-0.05, 0) is 78.3 Å². The highest BCUT2D eigenvalue weighted by atomic mass is 19.1. The molecule has 4 aromatic rings. The van der Waals surface area contributed by atoms with E-state index in [0.29, 0.717) is 42.0 Å². The lowest BCUT2D eigenvalue weighted by Crippen LogP contribution is -2.25. The highest BCUT2D eigenvalue weighted by Gasteiger charge is 2.18.